The first kappa shape index (κ1) is 13.3. The van der Waals surface area contributed by atoms with E-state index >= 15 is 0 Å². The van der Waals surface area contributed by atoms with Gasteiger partial charge >= 0.3 is 0 Å². The van der Waals surface area contributed by atoms with Crippen LogP contribution in [0.3, 0.4) is 0 Å². The number of benzene rings is 1. The summed E-state index contributed by atoms with van der Waals surface area (Å²) in [4.78, 5) is 2.31. The normalized spacial score (nSPS) is 22.6. The Labute approximate surface area is 120 Å². The maximum Gasteiger partial charge on any atom is 0.156 e. The van der Waals surface area contributed by atoms with E-state index in [1.54, 1.807) is 0 Å². The zero-order chi connectivity index (χ0) is 14.1. The largest absolute Gasteiger partial charge is 0.364 e. The summed E-state index contributed by atoms with van der Waals surface area (Å²) in [5.41, 5.74) is 0.988. The predicted molar refractivity (Wildman–Crippen MR) is 83.0 cm³/mol. The molecule has 3 rings (SSSR count). The van der Waals surface area contributed by atoms with Crippen molar-refractivity contribution in [1.29, 1.82) is 0 Å². The van der Waals surface area contributed by atoms with Crippen LogP contribution in [-0.2, 0) is 0 Å². The summed E-state index contributed by atoms with van der Waals surface area (Å²) in [6.07, 6.45) is 3.73. The molecule has 0 amide bonds. The van der Waals surface area contributed by atoms with E-state index in [4.69, 9.17) is 0 Å². The number of rotatable bonds is 3. The van der Waals surface area contributed by atoms with E-state index in [2.05, 4.69) is 58.8 Å². The first-order valence-corrected chi connectivity index (χ1v) is 7.32. The van der Waals surface area contributed by atoms with Crippen LogP contribution < -0.4 is 5.32 Å². The van der Waals surface area contributed by atoms with Gasteiger partial charge in [-0.05, 0) is 40.3 Å². The monoisotopic (exact) mass is 270 g/mol. The lowest BCUT2D eigenvalue weighted by molar-refractivity contribution is 0.285. The van der Waals surface area contributed by atoms with Crippen molar-refractivity contribution in [1.82, 2.24) is 15.1 Å². The highest BCUT2D eigenvalue weighted by Crippen LogP contribution is 2.28. The van der Waals surface area contributed by atoms with E-state index in [0.717, 1.165) is 11.5 Å². The molecule has 1 aromatic heterocycles. The van der Waals surface area contributed by atoms with Gasteiger partial charge in [0.2, 0.25) is 0 Å². The molecule has 0 saturated heterocycles. The molecule has 1 fully saturated rings. The number of nitrogens with one attached hydrogen (secondary N) is 1. The highest BCUT2D eigenvalue weighted by molar-refractivity contribution is 5.92. The molecule has 0 bridgehead atoms. The maximum atomic E-state index is 4.38. The summed E-state index contributed by atoms with van der Waals surface area (Å²) in [5.74, 6) is 0.921. The Morgan fingerprint density at radius 1 is 1.10 bits per heavy atom. The van der Waals surface area contributed by atoms with Gasteiger partial charge < -0.3 is 10.2 Å². The van der Waals surface area contributed by atoms with Crippen molar-refractivity contribution in [3.63, 3.8) is 0 Å². The molecule has 20 heavy (non-hydrogen) atoms. The fourth-order valence-electron chi connectivity index (χ4n) is 3.25. The number of hydrogen-bond donors (Lipinski definition) is 1. The lowest BCUT2D eigenvalue weighted by atomic mass is 10.1. The third-order valence-electron chi connectivity index (χ3n) is 4.34. The third-order valence-corrected chi connectivity index (χ3v) is 4.34. The minimum Gasteiger partial charge on any atom is -0.364 e. The molecule has 106 valence electrons. The summed E-state index contributed by atoms with van der Waals surface area (Å²) in [5, 5.41) is 14.7. The molecule has 1 aliphatic rings. The quantitative estimate of drug-likeness (QED) is 0.931. The molecule has 2 atom stereocenters. The van der Waals surface area contributed by atoms with Crippen molar-refractivity contribution in [2.24, 2.45) is 0 Å². The van der Waals surface area contributed by atoms with Gasteiger partial charge in [-0.15, -0.1) is 5.10 Å². The van der Waals surface area contributed by atoms with Gasteiger partial charge in [0, 0.05) is 22.9 Å². The van der Waals surface area contributed by atoms with Crippen molar-refractivity contribution in [2.75, 3.05) is 19.4 Å². The van der Waals surface area contributed by atoms with E-state index < -0.39 is 0 Å². The number of hydrogen-bond acceptors (Lipinski definition) is 4. The highest BCUT2D eigenvalue weighted by Gasteiger charge is 2.29. The molecular formula is C16H22N4. The predicted octanol–water partition coefficient (Wildman–Crippen LogP) is 2.83. The molecule has 0 unspecified atom stereocenters. The van der Waals surface area contributed by atoms with Crippen LogP contribution in [0.15, 0.2) is 24.3 Å². The lowest BCUT2D eigenvalue weighted by Gasteiger charge is -2.27. The van der Waals surface area contributed by atoms with Crippen molar-refractivity contribution in [3.05, 3.63) is 30.0 Å². The first-order valence-electron chi connectivity index (χ1n) is 7.32. The number of nitrogens with zero attached hydrogens (tertiary/aromatic N) is 3. The van der Waals surface area contributed by atoms with Crippen LogP contribution in [-0.4, -0.2) is 41.3 Å². The smallest absolute Gasteiger partial charge is 0.156 e. The second-order valence-corrected chi connectivity index (χ2v) is 5.89. The zero-order valence-electron chi connectivity index (χ0n) is 12.4. The lowest BCUT2D eigenvalue weighted by Crippen LogP contribution is -2.39. The fourth-order valence-corrected chi connectivity index (χ4v) is 3.25. The van der Waals surface area contributed by atoms with E-state index in [-0.39, 0.29) is 0 Å². The van der Waals surface area contributed by atoms with Crippen LogP contribution in [0.25, 0.3) is 10.8 Å². The summed E-state index contributed by atoms with van der Waals surface area (Å²) >= 11 is 0. The molecule has 1 heterocycles. The van der Waals surface area contributed by atoms with Gasteiger partial charge in [0.25, 0.3) is 0 Å². The van der Waals surface area contributed by atoms with Crippen molar-refractivity contribution >= 4 is 16.6 Å². The molecule has 2 aromatic rings. The Hall–Kier alpha value is -1.68. The topological polar surface area (TPSA) is 41.1 Å². The highest BCUT2D eigenvalue weighted by atomic mass is 15.2. The summed E-state index contributed by atoms with van der Waals surface area (Å²) in [6, 6.07) is 9.40. The number of fused-ring (bicyclic) bond motifs is 1. The maximum absolute atomic E-state index is 4.38. The van der Waals surface area contributed by atoms with Gasteiger partial charge in [0.05, 0.1) is 5.69 Å². The number of likely N-dealkylation sites (N-methyl/N-ethyl adjacent to an activating group) is 1. The average molecular weight is 270 g/mol. The SMILES string of the molecule is Cc1nnc(N[C@@H]2CCC[C@H]2N(C)C)c2ccccc12. The van der Waals surface area contributed by atoms with Gasteiger partial charge in [0.1, 0.15) is 0 Å². The number of anilines is 1. The molecule has 0 aliphatic heterocycles. The molecular weight excluding hydrogens is 248 g/mol. The second kappa shape index (κ2) is 5.37. The van der Waals surface area contributed by atoms with E-state index in [9.17, 15) is 0 Å². The number of aryl methyl sites for hydroxylation is 1. The van der Waals surface area contributed by atoms with E-state index in [1.165, 1.54) is 30.0 Å². The minimum atomic E-state index is 0.463. The molecule has 0 spiro atoms. The summed E-state index contributed by atoms with van der Waals surface area (Å²) in [6.45, 7) is 2.01. The van der Waals surface area contributed by atoms with Gasteiger partial charge in [0.15, 0.2) is 5.82 Å². The third kappa shape index (κ3) is 2.36. The molecule has 1 aliphatic carbocycles. The average Bonchev–Trinajstić information content (AvgIpc) is 2.91. The van der Waals surface area contributed by atoms with Crippen molar-refractivity contribution < 1.29 is 0 Å². The summed E-state index contributed by atoms with van der Waals surface area (Å²) < 4.78 is 0. The Balaban J connectivity index is 1.93. The van der Waals surface area contributed by atoms with Crippen molar-refractivity contribution in [2.45, 2.75) is 38.3 Å². The van der Waals surface area contributed by atoms with E-state index in [1.807, 2.05) is 6.92 Å². The van der Waals surface area contributed by atoms with Gasteiger partial charge in [-0.3, -0.25) is 0 Å². The summed E-state index contributed by atoms with van der Waals surface area (Å²) in [7, 11) is 4.31. The molecule has 4 nitrogen and oxygen atoms in total. The Bertz CT molecular complexity index is 608. The van der Waals surface area contributed by atoms with Gasteiger partial charge in [-0.2, -0.15) is 5.10 Å². The zero-order valence-corrected chi connectivity index (χ0v) is 12.4. The van der Waals surface area contributed by atoms with Crippen LogP contribution in [0.2, 0.25) is 0 Å². The Morgan fingerprint density at radius 3 is 2.60 bits per heavy atom. The van der Waals surface area contributed by atoms with Gasteiger partial charge in [-0.25, -0.2) is 0 Å². The standard InChI is InChI=1S/C16H22N4/c1-11-12-7-4-5-8-13(12)16(19-18-11)17-14-9-6-10-15(14)20(2)3/h4-5,7-8,14-15H,6,9-10H2,1-3H3,(H,17,19)/t14-,15-/m1/s1. The minimum absolute atomic E-state index is 0.463. The molecule has 1 N–H and O–H groups in total. The number of aromatic nitrogens is 2. The molecule has 1 saturated carbocycles. The van der Waals surface area contributed by atoms with Crippen LogP contribution in [0.1, 0.15) is 25.0 Å². The van der Waals surface area contributed by atoms with E-state index in [0.29, 0.717) is 12.1 Å². The Morgan fingerprint density at radius 2 is 1.85 bits per heavy atom. The Kier molecular flexibility index (Phi) is 3.57. The molecule has 0 radical (unpaired) electrons. The fraction of sp³-hybridized carbons (Fsp3) is 0.500. The first-order chi connectivity index (χ1) is 9.66. The molecule has 4 heteroatoms. The van der Waals surface area contributed by atoms with Crippen LogP contribution in [0.5, 0.6) is 0 Å². The van der Waals surface area contributed by atoms with Crippen LogP contribution >= 0.6 is 0 Å². The van der Waals surface area contributed by atoms with Crippen molar-refractivity contribution in [3.8, 4) is 0 Å². The van der Waals surface area contributed by atoms with Crippen LogP contribution in [0, 0.1) is 6.92 Å². The second-order valence-electron chi connectivity index (χ2n) is 5.89. The molecule has 1 aromatic carbocycles. The van der Waals surface area contributed by atoms with Crippen LogP contribution in [0.4, 0.5) is 5.82 Å². The van der Waals surface area contributed by atoms with Gasteiger partial charge in [-0.1, -0.05) is 24.3 Å².